The Labute approximate surface area is 161 Å². The predicted molar refractivity (Wildman–Crippen MR) is 102 cm³/mol. The number of nitrogens with zero attached hydrogens (tertiary/aromatic N) is 2. The molecule has 0 aliphatic rings. The molecule has 0 saturated heterocycles. The van der Waals surface area contributed by atoms with Crippen molar-refractivity contribution < 1.29 is 17.9 Å². The third-order valence-electron chi connectivity index (χ3n) is 4.32. The zero-order valence-corrected chi connectivity index (χ0v) is 16.0. The highest BCUT2D eigenvalue weighted by molar-refractivity contribution is 5.92. The SMILES string of the molecule is CC(C)C[C@](C)(N)COc1ccc(-c2c(F)cnc3[nH]ccc23)nc1C(F)F. The number of halogens is 3. The second-order valence-corrected chi connectivity index (χ2v) is 7.64. The van der Waals surface area contributed by atoms with E-state index in [1.54, 1.807) is 12.3 Å². The van der Waals surface area contributed by atoms with Gasteiger partial charge in [-0.25, -0.2) is 23.1 Å². The number of hydrogen-bond donors (Lipinski definition) is 2. The number of hydrogen-bond acceptors (Lipinski definition) is 4. The molecule has 1 atom stereocenters. The van der Waals surface area contributed by atoms with Crippen molar-refractivity contribution >= 4 is 11.0 Å². The lowest BCUT2D eigenvalue weighted by atomic mass is 9.93. The van der Waals surface area contributed by atoms with Crippen LogP contribution in [0.15, 0.2) is 30.6 Å². The van der Waals surface area contributed by atoms with Gasteiger partial charge in [0.1, 0.15) is 23.7 Å². The van der Waals surface area contributed by atoms with Crippen LogP contribution in [0.25, 0.3) is 22.3 Å². The molecule has 3 N–H and O–H groups in total. The molecule has 150 valence electrons. The Kier molecular flexibility index (Phi) is 5.60. The van der Waals surface area contributed by atoms with Crippen molar-refractivity contribution in [2.75, 3.05) is 6.61 Å². The summed E-state index contributed by atoms with van der Waals surface area (Å²) in [6.07, 6.45) is 0.434. The fourth-order valence-electron chi connectivity index (χ4n) is 3.36. The summed E-state index contributed by atoms with van der Waals surface area (Å²) in [5.41, 5.74) is 5.63. The molecule has 3 aromatic heterocycles. The molecule has 8 heteroatoms. The van der Waals surface area contributed by atoms with E-state index in [0.29, 0.717) is 23.4 Å². The van der Waals surface area contributed by atoms with E-state index in [9.17, 15) is 13.2 Å². The Morgan fingerprint density at radius 2 is 2.00 bits per heavy atom. The van der Waals surface area contributed by atoms with E-state index < -0.39 is 23.5 Å². The first-order valence-electron chi connectivity index (χ1n) is 9.00. The number of alkyl halides is 2. The van der Waals surface area contributed by atoms with Crippen molar-refractivity contribution in [2.24, 2.45) is 11.7 Å². The summed E-state index contributed by atoms with van der Waals surface area (Å²) in [6.45, 7) is 5.93. The second kappa shape index (κ2) is 7.79. The van der Waals surface area contributed by atoms with E-state index >= 15 is 0 Å². The first kappa shape index (κ1) is 20.1. The minimum absolute atomic E-state index is 0.0565. The van der Waals surface area contributed by atoms with Crippen LogP contribution in [0.4, 0.5) is 13.2 Å². The summed E-state index contributed by atoms with van der Waals surface area (Å²) in [5, 5.41) is 0.466. The van der Waals surface area contributed by atoms with Crippen molar-refractivity contribution in [3.63, 3.8) is 0 Å². The van der Waals surface area contributed by atoms with Gasteiger partial charge in [-0.15, -0.1) is 0 Å². The lowest BCUT2D eigenvalue weighted by molar-refractivity contribution is 0.134. The van der Waals surface area contributed by atoms with Gasteiger partial charge in [0.05, 0.1) is 11.9 Å². The molecule has 0 spiro atoms. The third-order valence-corrected chi connectivity index (χ3v) is 4.32. The number of H-pyrrole nitrogens is 1. The average Bonchev–Trinajstić information content (AvgIpc) is 3.07. The lowest BCUT2D eigenvalue weighted by Gasteiger charge is -2.27. The highest BCUT2D eigenvalue weighted by Gasteiger charge is 2.24. The van der Waals surface area contributed by atoms with Gasteiger partial charge in [0.25, 0.3) is 6.43 Å². The number of ether oxygens (including phenoxy) is 1. The molecule has 5 nitrogen and oxygen atoms in total. The molecule has 0 saturated carbocycles. The van der Waals surface area contributed by atoms with Crippen LogP contribution in [0.1, 0.15) is 39.3 Å². The molecular formula is C20H23F3N4O. The van der Waals surface area contributed by atoms with Gasteiger partial charge in [-0.05, 0) is 37.5 Å². The molecule has 0 aliphatic heterocycles. The maximum absolute atomic E-state index is 14.4. The van der Waals surface area contributed by atoms with Crippen molar-refractivity contribution in [3.05, 3.63) is 42.1 Å². The molecule has 0 unspecified atom stereocenters. The van der Waals surface area contributed by atoms with Gasteiger partial charge in [-0.2, -0.15) is 0 Å². The molecular weight excluding hydrogens is 369 g/mol. The fourth-order valence-corrected chi connectivity index (χ4v) is 3.36. The largest absolute Gasteiger partial charge is 0.490 e. The maximum atomic E-state index is 14.4. The number of pyridine rings is 2. The highest BCUT2D eigenvalue weighted by atomic mass is 19.3. The number of nitrogens with two attached hydrogens (primary N) is 1. The molecule has 0 aliphatic carbocycles. The lowest BCUT2D eigenvalue weighted by Crippen LogP contribution is -2.43. The first-order valence-corrected chi connectivity index (χ1v) is 9.00. The number of fused-ring (bicyclic) bond motifs is 1. The van der Waals surface area contributed by atoms with Gasteiger partial charge in [0.15, 0.2) is 5.82 Å². The van der Waals surface area contributed by atoms with Crippen molar-refractivity contribution in [1.29, 1.82) is 0 Å². The standard InChI is InChI=1S/C20H23F3N4O/c1-11(2)8-20(3,24)10-28-15-5-4-14(27-17(15)18(22)23)16-12-6-7-25-19(12)26-9-13(16)21/h4-7,9,11,18H,8,10,24H2,1-3H3,(H,25,26)/t20-/m0/s1. The third kappa shape index (κ3) is 4.27. The molecule has 0 fully saturated rings. The number of aromatic amines is 1. The zero-order valence-electron chi connectivity index (χ0n) is 16.0. The minimum Gasteiger partial charge on any atom is -0.490 e. The van der Waals surface area contributed by atoms with E-state index in [0.717, 1.165) is 6.20 Å². The van der Waals surface area contributed by atoms with E-state index in [1.807, 2.05) is 20.8 Å². The smallest absolute Gasteiger partial charge is 0.284 e. The van der Waals surface area contributed by atoms with E-state index in [2.05, 4.69) is 15.0 Å². The van der Waals surface area contributed by atoms with Crippen LogP contribution in [-0.2, 0) is 0 Å². The maximum Gasteiger partial charge on any atom is 0.284 e. The van der Waals surface area contributed by atoms with Gasteiger partial charge in [0.2, 0.25) is 0 Å². The van der Waals surface area contributed by atoms with Crippen molar-refractivity contribution in [1.82, 2.24) is 15.0 Å². The average molecular weight is 392 g/mol. The van der Waals surface area contributed by atoms with Crippen LogP contribution >= 0.6 is 0 Å². The normalized spacial score (nSPS) is 14.0. The predicted octanol–water partition coefficient (Wildman–Crippen LogP) is 4.84. The van der Waals surface area contributed by atoms with Crippen molar-refractivity contribution in [3.8, 4) is 17.0 Å². The molecule has 3 rings (SSSR count). The van der Waals surface area contributed by atoms with Crippen molar-refractivity contribution in [2.45, 2.75) is 39.2 Å². The Morgan fingerprint density at radius 1 is 1.25 bits per heavy atom. The monoisotopic (exact) mass is 392 g/mol. The van der Waals surface area contributed by atoms with Crippen LogP contribution in [0.2, 0.25) is 0 Å². The van der Waals surface area contributed by atoms with Crippen LogP contribution in [-0.4, -0.2) is 27.1 Å². The van der Waals surface area contributed by atoms with E-state index in [-0.39, 0.29) is 23.6 Å². The van der Waals surface area contributed by atoms with Gasteiger partial charge in [0, 0.05) is 22.7 Å². The van der Waals surface area contributed by atoms with Crippen LogP contribution in [0.5, 0.6) is 5.75 Å². The van der Waals surface area contributed by atoms with Crippen LogP contribution < -0.4 is 10.5 Å². The minimum atomic E-state index is -2.88. The zero-order chi connectivity index (χ0) is 20.5. The number of aromatic nitrogens is 3. The Bertz CT molecular complexity index is 969. The number of rotatable bonds is 7. The number of nitrogens with one attached hydrogen (secondary N) is 1. The summed E-state index contributed by atoms with van der Waals surface area (Å²) in [4.78, 5) is 10.8. The molecule has 3 aromatic rings. The molecule has 0 radical (unpaired) electrons. The van der Waals surface area contributed by atoms with Gasteiger partial charge < -0.3 is 15.5 Å². The first-order chi connectivity index (χ1) is 13.2. The molecule has 0 bridgehead atoms. The Balaban J connectivity index is 1.96. The van der Waals surface area contributed by atoms with E-state index in [1.165, 1.54) is 12.1 Å². The Hall–Kier alpha value is -2.61. The summed E-state index contributed by atoms with van der Waals surface area (Å²) in [6, 6.07) is 4.47. The molecule has 0 aromatic carbocycles. The van der Waals surface area contributed by atoms with Crippen LogP contribution in [0.3, 0.4) is 0 Å². The highest BCUT2D eigenvalue weighted by Crippen LogP contribution is 2.34. The topological polar surface area (TPSA) is 76.8 Å². The summed E-state index contributed by atoms with van der Waals surface area (Å²) < 4.78 is 47.2. The summed E-state index contributed by atoms with van der Waals surface area (Å²) >= 11 is 0. The fraction of sp³-hybridized carbons (Fsp3) is 0.400. The molecule has 3 heterocycles. The second-order valence-electron chi connectivity index (χ2n) is 7.64. The van der Waals surface area contributed by atoms with Gasteiger partial charge in [-0.1, -0.05) is 13.8 Å². The van der Waals surface area contributed by atoms with Crippen LogP contribution in [0, 0.1) is 11.7 Å². The van der Waals surface area contributed by atoms with E-state index in [4.69, 9.17) is 10.5 Å². The Morgan fingerprint density at radius 3 is 2.68 bits per heavy atom. The quantitative estimate of drug-likeness (QED) is 0.603. The van der Waals surface area contributed by atoms with Gasteiger partial charge in [-0.3, -0.25) is 0 Å². The summed E-state index contributed by atoms with van der Waals surface area (Å²) in [5.74, 6) is -0.356. The summed E-state index contributed by atoms with van der Waals surface area (Å²) in [7, 11) is 0. The molecule has 28 heavy (non-hydrogen) atoms. The van der Waals surface area contributed by atoms with Gasteiger partial charge >= 0.3 is 0 Å². The molecule has 0 amide bonds.